The molecule has 0 bridgehead atoms. The molecule has 0 fully saturated rings. The Balaban J connectivity index is 0.00000324. The van der Waals surface area contributed by atoms with Crippen molar-refractivity contribution < 1.29 is 21.7 Å². The minimum absolute atomic E-state index is 0. The van der Waals surface area contributed by atoms with Crippen molar-refractivity contribution >= 4 is 21.7 Å². The number of allylic oxidation sites excluding steroid dienone is 1. The van der Waals surface area contributed by atoms with Crippen molar-refractivity contribution in [1.29, 1.82) is 0 Å². The summed E-state index contributed by atoms with van der Waals surface area (Å²) < 4.78 is 1.78. The second kappa shape index (κ2) is 8.51. The maximum Gasteiger partial charge on any atom is 0.191 e. The molecule has 1 rings (SSSR count). The number of halogens is 2. The Morgan fingerprint density at radius 1 is 1.21 bits per heavy atom. The van der Waals surface area contributed by atoms with Crippen molar-refractivity contribution in [1.82, 2.24) is 0 Å². The molecule has 0 atom stereocenters. The number of hydrogen-bond acceptors (Lipinski definition) is 1. The Kier molecular flexibility index (Phi) is 8.23. The third kappa shape index (κ3) is 5.09. The van der Waals surface area contributed by atoms with E-state index in [4.69, 9.17) is 0 Å². The lowest BCUT2D eigenvalue weighted by Gasteiger charge is -2.31. The van der Waals surface area contributed by atoms with Crippen LogP contribution in [0.5, 0.6) is 0 Å². The monoisotopic (exact) mass is 345 g/mol. The summed E-state index contributed by atoms with van der Waals surface area (Å²) in [7, 11) is 0. The van der Waals surface area contributed by atoms with Gasteiger partial charge in [0.1, 0.15) is 0 Å². The minimum atomic E-state index is 0. The number of carbonyl (C=O) groups excluding carboxylic acids is 1. The van der Waals surface area contributed by atoms with Gasteiger partial charge in [-0.3, -0.25) is 9.28 Å². The Bertz CT molecular complexity index is 433. The summed E-state index contributed by atoms with van der Waals surface area (Å²) in [6.07, 6.45) is 3.74. The Morgan fingerprint density at radius 2 is 1.79 bits per heavy atom. The van der Waals surface area contributed by atoms with Gasteiger partial charge in [-0.2, -0.15) is 0 Å². The van der Waals surface area contributed by atoms with E-state index in [-0.39, 0.29) is 18.2 Å². The van der Waals surface area contributed by atoms with Crippen LogP contribution in [0.25, 0.3) is 0 Å². The molecule has 0 aliphatic carbocycles. The summed E-state index contributed by atoms with van der Waals surface area (Å²) >= 11 is 3.38. The highest BCUT2D eigenvalue weighted by Gasteiger charge is 2.17. The first kappa shape index (κ1) is 18.4. The predicted molar refractivity (Wildman–Crippen MR) is 79.5 cm³/mol. The molecule has 0 N–H and O–H groups in total. The van der Waals surface area contributed by atoms with Crippen LogP contribution in [-0.2, 0) is 0 Å². The molecule has 1 aromatic carbocycles. The van der Waals surface area contributed by atoms with Crippen molar-refractivity contribution in [2.75, 3.05) is 19.6 Å². The van der Waals surface area contributed by atoms with E-state index in [9.17, 15) is 4.79 Å². The average Bonchev–Trinajstić information content (AvgIpc) is 2.40. The lowest BCUT2D eigenvalue weighted by atomic mass is 10.1. The van der Waals surface area contributed by atoms with Gasteiger partial charge in [0, 0.05) is 16.1 Å². The van der Waals surface area contributed by atoms with E-state index in [1.54, 1.807) is 6.08 Å². The van der Waals surface area contributed by atoms with E-state index < -0.39 is 0 Å². The maximum atomic E-state index is 12.1. The summed E-state index contributed by atoms with van der Waals surface area (Å²) in [6.45, 7) is 9.49. The van der Waals surface area contributed by atoms with Gasteiger partial charge < -0.3 is 12.4 Å². The third-order valence-electron chi connectivity index (χ3n) is 3.54. The second-order valence-electron chi connectivity index (χ2n) is 4.36. The van der Waals surface area contributed by atoms with Crippen LogP contribution >= 0.6 is 15.9 Å². The first-order chi connectivity index (χ1) is 8.56. The molecule has 0 amide bonds. The van der Waals surface area contributed by atoms with Gasteiger partial charge in [-0.25, -0.2) is 0 Å². The molecule has 1 aromatic rings. The van der Waals surface area contributed by atoms with Crippen molar-refractivity contribution in [3.8, 4) is 0 Å². The second-order valence-corrected chi connectivity index (χ2v) is 5.27. The fourth-order valence-corrected chi connectivity index (χ4v) is 2.35. The standard InChI is InChI=1S/C15H21BrNO.ClH/c1-4-17(5-2,6-3)11-10-15(18)13-8-7-9-14(16)12-13;/h7-12H,4-6H2,1-3H3;1H/q+1;/p-1. The summed E-state index contributed by atoms with van der Waals surface area (Å²) in [5, 5.41) is 0. The zero-order valence-corrected chi connectivity index (χ0v) is 14.0. The van der Waals surface area contributed by atoms with Gasteiger partial charge in [0.2, 0.25) is 0 Å². The van der Waals surface area contributed by atoms with Crippen LogP contribution in [0.15, 0.2) is 41.0 Å². The summed E-state index contributed by atoms with van der Waals surface area (Å²) in [4.78, 5) is 12.1. The highest BCUT2D eigenvalue weighted by atomic mass is 79.9. The molecular formula is C15H21BrClNO. The number of benzene rings is 1. The van der Waals surface area contributed by atoms with Crippen LogP contribution < -0.4 is 12.4 Å². The zero-order valence-electron chi connectivity index (χ0n) is 11.7. The highest BCUT2D eigenvalue weighted by Crippen LogP contribution is 2.13. The first-order valence-electron chi connectivity index (χ1n) is 6.41. The maximum absolute atomic E-state index is 12.1. The molecular weight excluding hydrogens is 326 g/mol. The van der Waals surface area contributed by atoms with Crippen LogP contribution in [0.4, 0.5) is 0 Å². The average molecular weight is 347 g/mol. The lowest BCUT2D eigenvalue weighted by molar-refractivity contribution is -0.874. The predicted octanol–water partition coefficient (Wildman–Crippen LogP) is 1.03. The minimum Gasteiger partial charge on any atom is -1.00 e. The number of ketones is 1. The van der Waals surface area contributed by atoms with Crippen LogP contribution in [0.1, 0.15) is 31.1 Å². The van der Waals surface area contributed by atoms with Crippen LogP contribution in [0.3, 0.4) is 0 Å². The molecule has 0 heterocycles. The Hall–Kier alpha value is -0.640. The summed E-state index contributed by atoms with van der Waals surface area (Å²) in [5.41, 5.74) is 0.724. The van der Waals surface area contributed by atoms with E-state index in [0.717, 1.165) is 34.2 Å². The van der Waals surface area contributed by atoms with Crippen LogP contribution in [0, 0.1) is 0 Å². The van der Waals surface area contributed by atoms with Crippen molar-refractivity contribution in [3.05, 3.63) is 46.6 Å². The van der Waals surface area contributed by atoms with Gasteiger partial charge in [-0.15, -0.1) is 0 Å². The van der Waals surface area contributed by atoms with Gasteiger partial charge in [-0.05, 0) is 32.9 Å². The van der Waals surface area contributed by atoms with E-state index in [1.165, 1.54) is 0 Å². The Labute approximate surface area is 130 Å². The molecule has 0 aliphatic rings. The fraction of sp³-hybridized carbons (Fsp3) is 0.400. The number of quaternary nitrogens is 1. The molecule has 0 aromatic heterocycles. The van der Waals surface area contributed by atoms with Crippen molar-refractivity contribution in [2.45, 2.75) is 20.8 Å². The molecule has 0 saturated carbocycles. The zero-order chi connectivity index (χ0) is 13.6. The topological polar surface area (TPSA) is 17.1 Å². The molecule has 0 aliphatic heterocycles. The van der Waals surface area contributed by atoms with Crippen molar-refractivity contribution in [2.24, 2.45) is 0 Å². The summed E-state index contributed by atoms with van der Waals surface area (Å²) in [6, 6.07) is 7.50. The smallest absolute Gasteiger partial charge is 0.191 e. The molecule has 0 radical (unpaired) electrons. The number of rotatable bonds is 6. The van der Waals surface area contributed by atoms with Crippen LogP contribution in [0.2, 0.25) is 0 Å². The largest absolute Gasteiger partial charge is 1.00 e. The lowest BCUT2D eigenvalue weighted by Crippen LogP contribution is -3.00. The first-order valence-corrected chi connectivity index (χ1v) is 7.21. The van der Waals surface area contributed by atoms with Gasteiger partial charge >= 0.3 is 0 Å². The molecule has 0 spiro atoms. The van der Waals surface area contributed by atoms with Gasteiger partial charge in [0.25, 0.3) is 0 Å². The van der Waals surface area contributed by atoms with Gasteiger partial charge in [0.05, 0.1) is 25.8 Å². The molecule has 4 heteroatoms. The molecule has 2 nitrogen and oxygen atoms in total. The number of carbonyl (C=O) groups is 1. The fourth-order valence-electron chi connectivity index (χ4n) is 1.95. The quantitative estimate of drug-likeness (QED) is 0.427. The van der Waals surface area contributed by atoms with Gasteiger partial charge in [-0.1, -0.05) is 28.1 Å². The van der Waals surface area contributed by atoms with Gasteiger partial charge in [0.15, 0.2) is 5.78 Å². The van der Waals surface area contributed by atoms with Crippen LogP contribution in [-0.4, -0.2) is 29.9 Å². The molecule has 0 unspecified atom stereocenters. The Morgan fingerprint density at radius 3 is 2.26 bits per heavy atom. The number of nitrogens with zero attached hydrogens (tertiary/aromatic N) is 1. The normalized spacial score (nSPS) is 11.4. The number of hydrogen-bond donors (Lipinski definition) is 0. The van der Waals surface area contributed by atoms with E-state index >= 15 is 0 Å². The SMILES string of the molecule is CC[N+](C=CC(=O)c1cccc(Br)c1)(CC)CC.[Cl-]. The molecule has 0 saturated heterocycles. The van der Waals surface area contributed by atoms with E-state index in [1.807, 2.05) is 30.5 Å². The van der Waals surface area contributed by atoms with E-state index in [0.29, 0.717) is 0 Å². The highest BCUT2D eigenvalue weighted by molar-refractivity contribution is 9.10. The van der Waals surface area contributed by atoms with E-state index in [2.05, 4.69) is 36.7 Å². The molecule has 19 heavy (non-hydrogen) atoms. The third-order valence-corrected chi connectivity index (χ3v) is 4.03. The molecule has 106 valence electrons. The van der Waals surface area contributed by atoms with Crippen molar-refractivity contribution in [3.63, 3.8) is 0 Å². The summed E-state index contributed by atoms with van der Waals surface area (Å²) in [5.74, 6) is 0.0640.